The maximum Gasteiger partial charge on any atom is 0.300 e. The summed E-state index contributed by atoms with van der Waals surface area (Å²) in [5, 5.41) is 14.0. The lowest BCUT2D eigenvalue weighted by molar-refractivity contribution is -0.132. The molecule has 0 radical (unpaired) electrons. The van der Waals surface area contributed by atoms with E-state index < -0.39 is 23.5 Å². The molecule has 0 aliphatic carbocycles. The molecule has 35 heavy (non-hydrogen) atoms. The number of carbonyl (C=O) groups excluding carboxylic acids is 3. The van der Waals surface area contributed by atoms with Crippen LogP contribution in [0.25, 0.3) is 5.76 Å². The Hall–Kier alpha value is -4.66. The fraction of sp³-hybridized carbons (Fsp3) is 0.154. The van der Waals surface area contributed by atoms with Crippen LogP contribution in [-0.2, 0) is 14.4 Å². The fourth-order valence-electron chi connectivity index (χ4n) is 3.96. The lowest BCUT2D eigenvalue weighted by Crippen LogP contribution is -2.29. The van der Waals surface area contributed by atoms with Gasteiger partial charge in [0, 0.05) is 30.6 Å². The number of nitrogens with zero attached hydrogens (tertiary/aromatic N) is 2. The summed E-state index contributed by atoms with van der Waals surface area (Å²) >= 11 is 0. The third-order valence-electron chi connectivity index (χ3n) is 5.54. The van der Waals surface area contributed by atoms with Crippen LogP contribution in [0.5, 0.6) is 11.5 Å². The number of aromatic nitrogens is 1. The van der Waals surface area contributed by atoms with Gasteiger partial charge in [0.15, 0.2) is 0 Å². The van der Waals surface area contributed by atoms with Crippen LogP contribution in [0.2, 0.25) is 0 Å². The average Bonchev–Trinajstić information content (AvgIpc) is 3.14. The van der Waals surface area contributed by atoms with Crippen molar-refractivity contribution in [2.24, 2.45) is 0 Å². The molecule has 0 bridgehead atoms. The molecule has 2 amide bonds. The number of aliphatic hydroxyl groups excluding tert-OH is 1. The Morgan fingerprint density at radius 2 is 1.77 bits per heavy atom. The molecule has 1 unspecified atom stereocenters. The zero-order valence-corrected chi connectivity index (χ0v) is 19.3. The Morgan fingerprint density at radius 3 is 2.37 bits per heavy atom. The van der Waals surface area contributed by atoms with Crippen molar-refractivity contribution >= 4 is 34.7 Å². The summed E-state index contributed by atoms with van der Waals surface area (Å²) in [7, 11) is 2.93. The van der Waals surface area contributed by atoms with E-state index in [4.69, 9.17) is 9.47 Å². The summed E-state index contributed by atoms with van der Waals surface area (Å²) in [6.07, 6.45) is 1.54. The van der Waals surface area contributed by atoms with E-state index in [1.54, 1.807) is 66.9 Å². The molecule has 1 aliphatic rings. The number of aliphatic hydroxyl groups is 1. The Bertz CT molecular complexity index is 1320. The first-order chi connectivity index (χ1) is 16.8. The fourth-order valence-corrected chi connectivity index (χ4v) is 3.96. The highest BCUT2D eigenvalue weighted by atomic mass is 16.5. The van der Waals surface area contributed by atoms with Gasteiger partial charge in [0.1, 0.15) is 23.3 Å². The molecular weight excluding hydrogens is 450 g/mol. The highest BCUT2D eigenvalue weighted by Crippen LogP contribution is 2.43. The lowest BCUT2D eigenvalue weighted by Gasteiger charge is -2.25. The van der Waals surface area contributed by atoms with E-state index in [-0.39, 0.29) is 22.8 Å². The minimum atomic E-state index is -0.991. The van der Waals surface area contributed by atoms with Gasteiger partial charge in [0.2, 0.25) is 5.91 Å². The molecule has 4 rings (SSSR count). The summed E-state index contributed by atoms with van der Waals surface area (Å²) in [6, 6.07) is 15.3. The largest absolute Gasteiger partial charge is 0.507 e. The van der Waals surface area contributed by atoms with Crippen molar-refractivity contribution in [2.75, 3.05) is 24.4 Å². The molecule has 178 valence electrons. The van der Waals surface area contributed by atoms with Gasteiger partial charge >= 0.3 is 0 Å². The number of pyridine rings is 1. The Labute approximate surface area is 201 Å². The maximum absolute atomic E-state index is 13.3. The molecule has 0 saturated carbocycles. The number of rotatable bonds is 6. The van der Waals surface area contributed by atoms with E-state index >= 15 is 0 Å². The number of ether oxygens (including phenoxy) is 2. The monoisotopic (exact) mass is 473 g/mol. The van der Waals surface area contributed by atoms with Crippen LogP contribution >= 0.6 is 0 Å². The van der Waals surface area contributed by atoms with Crippen molar-refractivity contribution in [3.05, 3.63) is 83.7 Å². The molecule has 1 atom stereocenters. The summed E-state index contributed by atoms with van der Waals surface area (Å²) in [6.45, 7) is 1.39. The molecule has 1 aliphatic heterocycles. The lowest BCUT2D eigenvalue weighted by atomic mass is 9.97. The molecule has 3 aromatic rings. The van der Waals surface area contributed by atoms with Crippen molar-refractivity contribution in [1.82, 2.24) is 4.98 Å². The minimum absolute atomic E-state index is 0.122. The van der Waals surface area contributed by atoms with Crippen molar-refractivity contribution in [2.45, 2.75) is 13.0 Å². The molecule has 2 aromatic carbocycles. The molecular formula is C26H23N3O6. The van der Waals surface area contributed by atoms with Crippen molar-refractivity contribution < 1.29 is 29.0 Å². The zero-order chi connectivity index (χ0) is 25.1. The first-order valence-electron chi connectivity index (χ1n) is 10.7. The number of hydrogen-bond acceptors (Lipinski definition) is 7. The maximum atomic E-state index is 13.3. The van der Waals surface area contributed by atoms with Crippen LogP contribution in [0.4, 0.5) is 11.4 Å². The second kappa shape index (κ2) is 9.68. The molecule has 1 aromatic heterocycles. The molecule has 2 heterocycles. The Morgan fingerprint density at radius 1 is 1.03 bits per heavy atom. The van der Waals surface area contributed by atoms with Gasteiger partial charge in [-0.1, -0.05) is 6.07 Å². The van der Waals surface area contributed by atoms with Crippen LogP contribution in [-0.4, -0.2) is 41.9 Å². The van der Waals surface area contributed by atoms with Gasteiger partial charge in [-0.05, 0) is 48.5 Å². The van der Waals surface area contributed by atoms with E-state index in [2.05, 4.69) is 10.3 Å². The SMILES string of the molecule is COc1ccc(/C(O)=C2/C(=O)C(=O)N(c3ccc(NC(C)=O)cc3)C2c2ccccn2)c(OC)c1. The predicted octanol–water partition coefficient (Wildman–Crippen LogP) is 3.68. The summed E-state index contributed by atoms with van der Waals surface area (Å²) in [5.74, 6) is -1.54. The van der Waals surface area contributed by atoms with Crippen LogP contribution in [0, 0.1) is 0 Å². The normalized spacial score (nSPS) is 16.8. The van der Waals surface area contributed by atoms with Crippen LogP contribution in [0.3, 0.4) is 0 Å². The van der Waals surface area contributed by atoms with Gasteiger partial charge in [0.25, 0.3) is 11.7 Å². The van der Waals surface area contributed by atoms with Crippen LogP contribution < -0.4 is 19.7 Å². The summed E-state index contributed by atoms with van der Waals surface area (Å²) in [5.41, 5.74) is 1.44. The van der Waals surface area contributed by atoms with Gasteiger partial charge in [-0.15, -0.1) is 0 Å². The Balaban J connectivity index is 1.89. The third kappa shape index (κ3) is 4.43. The summed E-state index contributed by atoms with van der Waals surface area (Å²) in [4.78, 5) is 43.5. The van der Waals surface area contributed by atoms with E-state index in [0.29, 0.717) is 22.8 Å². The molecule has 1 saturated heterocycles. The highest BCUT2D eigenvalue weighted by molar-refractivity contribution is 6.51. The van der Waals surface area contributed by atoms with Crippen molar-refractivity contribution in [3.63, 3.8) is 0 Å². The number of amides is 2. The predicted molar refractivity (Wildman–Crippen MR) is 129 cm³/mol. The molecule has 9 heteroatoms. The zero-order valence-electron chi connectivity index (χ0n) is 19.3. The number of Topliss-reactive ketones (excluding diaryl/α,β-unsaturated/α-hetero) is 1. The average molecular weight is 473 g/mol. The number of carbonyl (C=O) groups is 3. The van der Waals surface area contributed by atoms with Gasteiger partial charge in [-0.3, -0.25) is 24.3 Å². The van der Waals surface area contributed by atoms with Crippen molar-refractivity contribution in [1.29, 1.82) is 0 Å². The second-order valence-corrected chi connectivity index (χ2v) is 7.72. The second-order valence-electron chi connectivity index (χ2n) is 7.72. The standard InChI is InChI=1S/C26H23N3O6/c1-15(30)28-16-7-9-17(10-8-16)29-23(20-6-4-5-13-27-20)22(25(32)26(29)33)24(31)19-12-11-18(34-2)14-21(19)35-3/h4-14,23,31H,1-3H3,(H,28,30)/b24-22-. The van der Waals surface area contributed by atoms with Crippen LogP contribution in [0.15, 0.2) is 72.4 Å². The molecule has 0 spiro atoms. The van der Waals surface area contributed by atoms with E-state index in [1.807, 2.05) is 0 Å². The topological polar surface area (TPSA) is 118 Å². The first-order valence-corrected chi connectivity index (χ1v) is 10.7. The van der Waals surface area contributed by atoms with E-state index in [1.165, 1.54) is 26.0 Å². The van der Waals surface area contributed by atoms with E-state index in [9.17, 15) is 19.5 Å². The number of anilines is 2. The third-order valence-corrected chi connectivity index (χ3v) is 5.54. The van der Waals surface area contributed by atoms with Gasteiger partial charge in [-0.25, -0.2) is 0 Å². The van der Waals surface area contributed by atoms with E-state index in [0.717, 1.165) is 0 Å². The summed E-state index contributed by atoms with van der Waals surface area (Å²) < 4.78 is 10.6. The van der Waals surface area contributed by atoms with Crippen LogP contribution in [0.1, 0.15) is 24.2 Å². The quantitative estimate of drug-likeness (QED) is 0.318. The number of methoxy groups -OCH3 is 2. The number of nitrogens with one attached hydrogen (secondary N) is 1. The van der Waals surface area contributed by atoms with Gasteiger partial charge in [0.05, 0.1) is 31.1 Å². The highest BCUT2D eigenvalue weighted by Gasteiger charge is 2.47. The molecule has 1 fully saturated rings. The minimum Gasteiger partial charge on any atom is -0.507 e. The number of benzene rings is 2. The molecule has 9 nitrogen and oxygen atoms in total. The smallest absolute Gasteiger partial charge is 0.300 e. The number of hydrogen-bond donors (Lipinski definition) is 2. The molecule has 2 N–H and O–H groups in total. The van der Waals surface area contributed by atoms with Crippen molar-refractivity contribution in [3.8, 4) is 11.5 Å². The van der Waals surface area contributed by atoms with Gasteiger partial charge in [-0.2, -0.15) is 0 Å². The van der Waals surface area contributed by atoms with Gasteiger partial charge < -0.3 is 19.9 Å². The Kier molecular flexibility index (Phi) is 6.50. The first kappa shape index (κ1) is 23.5. The number of ketones is 1.